The molecule has 0 radical (unpaired) electrons. The summed E-state index contributed by atoms with van der Waals surface area (Å²) in [6.07, 6.45) is 3.83. The van der Waals surface area contributed by atoms with Crippen LogP contribution in [0.5, 0.6) is 0 Å². The van der Waals surface area contributed by atoms with Gasteiger partial charge in [0.2, 0.25) is 5.91 Å². The topological polar surface area (TPSA) is 92.4 Å². The van der Waals surface area contributed by atoms with Gasteiger partial charge in [-0.25, -0.2) is 4.98 Å². The molecule has 0 aliphatic carbocycles. The molecule has 0 saturated heterocycles. The summed E-state index contributed by atoms with van der Waals surface area (Å²) < 4.78 is 5.52. The van der Waals surface area contributed by atoms with Crippen molar-refractivity contribution in [3.05, 3.63) is 29.0 Å². The van der Waals surface area contributed by atoms with Gasteiger partial charge in [-0.15, -0.1) is 11.3 Å². The highest BCUT2D eigenvalue weighted by Gasteiger charge is 2.11. The summed E-state index contributed by atoms with van der Waals surface area (Å²) >= 11 is 1.46. The van der Waals surface area contributed by atoms with Crippen LogP contribution in [-0.4, -0.2) is 28.5 Å². The zero-order valence-electron chi connectivity index (χ0n) is 13.7. The first-order chi connectivity index (χ1) is 11.5. The normalized spacial score (nSPS) is 10.7. The second-order valence-corrected chi connectivity index (χ2v) is 6.50. The van der Waals surface area contributed by atoms with Crippen molar-refractivity contribution in [3.63, 3.8) is 0 Å². The number of carbonyl (C=O) groups excluding carboxylic acids is 1. The minimum atomic E-state index is -0.754. The van der Waals surface area contributed by atoms with E-state index < -0.39 is 5.97 Å². The van der Waals surface area contributed by atoms with Crippen LogP contribution in [-0.2, 0) is 16.0 Å². The first-order valence-corrected chi connectivity index (χ1v) is 8.92. The van der Waals surface area contributed by atoms with E-state index in [1.807, 2.05) is 24.4 Å². The van der Waals surface area contributed by atoms with Crippen LogP contribution < -0.4 is 5.32 Å². The van der Waals surface area contributed by atoms with Gasteiger partial charge in [0.05, 0.1) is 12.1 Å². The standard InChI is InChI=1S/C17H22N2O4S/c1-12-7-8-14(23-12)17-19-13(11-24-17)10-15(20)18-9-5-3-2-4-6-16(21)22/h7-8,11H,2-6,9-10H2,1H3,(H,18,20)(H,21,22). The molecular formula is C17H22N2O4S. The summed E-state index contributed by atoms with van der Waals surface area (Å²) in [6.45, 7) is 2.49. The number of aliphatic carboxylic acids is 1. The number of thiazole rings is 1. The number of hydrogen-bond acceptors (Lipinski definition) is 5. The molecule has 0 aliphatic rings. The summed E-state index contributed by atoms with van der Waals surface area (Å²) in [4.78, 5) is 26.7. The van der Waals surface area contributed by atoms with Gasteiger partial charge in [-0.2, -0.15) is 0 Å². The van der Waals surface area contributed by atoms with E-state index in [4.69, 9.17) is 9.52 Å². The smallest absolute Gasteiger partial charge is 0.303 e. The number of carboxylic acid groups (broad SMARTS) is 1. The number of furan rings is 1. The zero-order valence-corrected chi connectivity index (χ0v) is 14.5. The number of nitrogens with zero attached hydrogens (tertiary/aromatic N) is 1. The Hall–Kier alpha value is -2.15. The van der Waals surface area contributed by atoms with Crippen LogP contribution in [0.3, 0.4) is 0 Å². The molecule has 2 aromatic rings. The molecular weight excluding hydrogens is 328 g/mol. The predicted molar refractivity (Wildman–Crippen MR) is 92.0 cm³/mol. The highest BCUT2D eigenvalue weighted by atomic mass is 32.1. The Morgan fingerprint density at radius 1 is 1.25 bits per heavy atom. The second-order valence-electron chi connectivity index (χ2n) is 5.64. The van der Waals surface area contributed by atoms with Gasteiger partial charge in [0, 0.05) is 18.3 Å². The number of carbonyl (C=O) groups is 2. The number of carboxylic acids is 1. The third kappa shape index (κ3) is 6.16. The van der Waals surface area contributed by atoms with Crippen molar-refractivity contribution in [2.45, 2.75) is 45.4 Å². The fraction of sp³-hybridized carbons (Fsp3) is 0.471. The molecule has 0 bridgehead atoms. The molecule has 1 amide bonds. The van der Waals surface area contributed by atoms with Gasteiger partial charge in [0.15, 0.2) is 10.8 Å². The molecule has 6 nitrogen and oxygen atoms in total. The summed E-state index contributed by atoms with van der Waals surface area (Å²) in [7, 11) is 0. The minimum absolute atomic E-state index is 0.0481. The van der Waals surface area contributed by atoms with Crippen molar-refractivity contribution in [3.8, 4) is 10.8 Å². The number of unbranched alkanes of at least 4 members (excludes halogenated alkanes) is 3. The molecule has 2 aromatic heterocycles. The maximum Gasteiger partial charge on any atom is 0.303 e. The van der Waals surface area contributed by atoms with E-state index in [2.05, 4.69) is 10.3 Å². The van der Waals surface area contributed by atoms with Crippen LogP contribution >= 0.6 is 11.3 Å². The highest BCUT2D eigenvalue weighted by molar-refractivity contribution is 7.13. The van der Waals surface area contributed by atoms with Crippen molar-refractivity contribution in [2.75, 3.05) is 6.54 Å². The SMILES string of the molecule is Cc1ccc(-c2nc(CC(=O)NCCCCCCC(=O)O)cs2)o1. The molecule has 0 unspecified atom stereocenters. The Bertz CT molecular complexity index is 678. The Labute approximate surface area is 144 Å². The lowest BCUT2D eigenvalue weighted by Crippen LogP contribution is -2.26. The number of aryl methyl sites for hydroxylation is 1. The molecule has 0 fully saturated rings. The van der Waals surface area contributed by atoms with Crippen LogP contribution in [0.2, 0.25) is 0 Å². The third-order valence-corrected chi connectivity index (χ3v) is 4.39. The quantitative estimate of drug-likeness (QED) is 0.641. The van der Waals surface area contributed by atoms with Crippen LogP contribution in [0.25, 0.3) is 10.8 Å². The number of aromatic nitrogens is 1. The maximum absolute atomic E-state index is 11.9. The van der Waals surface area contributed by atoms with E-state index in [1.54, 1.807) is 0 Å². The van der Waals surface area contributed by atoms with E-state index in [9.17, 15) is 9.59 Å². The monoisotopic (exact) mass is 350 g/mol. The van der Waals surface area contributed by atoms with E-state index in [0.717, 1.165) is 41.5 Å². The van der Waals surface area contributed by atoms with Crippen molar-refractivity contribution < 1.29 is 19.1 Å². The molecule has 2 N–H and O–H groups in total. The Kier molecular flexibility index (Phi) is 6.99. The van der Waals surface area contributed by atoms with E-state index in [0.29, 0.717) is 13.0 Å². The average Bonchev–Trinajstić information content (AvgIpc) is 3.15. The zero-order chi connectivity index (χ0) is 17.4. The van der Waals surface area contributed by atoms with Gasteiger partial charge >= 0.3 is 5.97 Å². The van der Waals surface area contributed by atoms with Crippen LogP contribution in [0.1, 0.15) is 43.6 Å². The average molecular weight is 350 g/mol. The molecule has 2 rings (SSSR count). The lowest BCUT2D eigenvalue weighted by Gasteiger charge is -2.03. The van der Waals surface area contributed by atoms with E-state index in [-0.39, 0.29) is 18.7 Å². The molecule has 0 spiro atoms. The molecule has 0 aromatic carbocycles. The molecule has 0 atom stereocenters. The minimum Gasteiger partial charge on any atom is -0.481 e. The summed E-state index contributed by atoms with van der Waals surface area (Å²) in [6, 6.07) is 3.77. The van der Waals surface area contributed by atoms with Crippen molar-refractivity contribution in [2.24, 2.45) is 0 Å². The fourth-order valence-electron chi connectivity index (χ4n) is 2.26. The predicted octanol–water partition coefficient (Wildman–Crippen LogP) is 3.41. The third-order valence-electron chi connectivity index (χ3n) is 3.48. The van der Waals surface area contributed by atoms with Gasteiger partial charge in [0.25, 0.3) is 0 Å². The van der Waals surface area contributed by atoms with Gasteiger partial charge < -0.3 is 14.8 Å². The van der Waals surface area contributed by atoms with Gasteiger partial charge in [-0.3, -0.25) is 9.59 Å². The van der Waals surface area contributed by atoms with Gasteiger partial charge in [-0.1, -0.05) is 12.8 Å². The number of nitrogens with one attached hydrogen (secondary N) is 1. The Morgan fingerprint density at radius 2 is 2.04 bits per heavy atom. The summed E-state index contributed by atoms with van der Waals surface area (Å²) in [5.74, 6) is 0.761. The first kappa shape index (κ1) is 18.2. The molecule has 7 heteroatoms. The second kappa shape index (κ2) is 9.22. The lowest BCUT2D eigenvalue weighted by atomic mass is 10.1. The number of amides is 1. The lowest BCUT2D eigenvalue weighted by molar-refractivity contribution is -0.137. The highest BCUT2D eigenvalue weighted by Crippen LogP contribution is 2.25. The fourth-order valence-corrected chi connectivity index (χ4v) is 3.04. The van der Waals surface area contributed by atoms with Crippen LogP contribution in [0.15, 0.2) is 21.9 Å². The molecule has 2 heterocycles. The van der Waals surface area contributed by atoms with Crippen LogP contribution in [0.4, 0.5) is 0 Å². The maximum atomic E-state index is 11.9. The van der Waals surface area contributed by atoms with Crippen molar-refractivity contribution in [1.82, 2.24) is 10.3 Å². The number of rotatable bonds is 10. The molecule has 24 heavy (non-hydrogen) atoms. The Morgan fingerprint density at radius 3 is 2.75 bits per heavy atom. The van der Waals surface area contributed by atoms with Crippen LogP contribution in [0, 0.1) is 6.92 Å². The number of hydrogen-bond donors (Lipinski definition) is 2. The van der Waals surface area contributed by atoms with Crippen molar-refractivity contribution in [1.29, 1.82) is 0 Å². The van der Waals surface area contributed by atoms with E-state index in [1.165, 1.54) is 11.3 Å². The Balaban J connectivity index is 1.64. The summed E-state index contributed by atoms with van der Waals surface area (Å²) in [5, 5.41) is 14.1. The largest absolute Gasteiger partial charge is 0.481 e. The molecule has 0 aliphatic heterocycles. The van der Waals surface area contributed by atoms with Gasteiger partial charge in [0.1, 0.15) is 5.76 Å². The van der Waals surface area contributed by atoms with Crippen molar-refractivity contribution >= 4 is 23.2 Å². The van der Waals surface area contributed by atoms with E-state index >= 15 is 0 Å². The molecule has 130 valence electrons. The summed E-state index contributed by atoms with van der Waals surface area (Å²) in [5.41, 5.74) is 0.739. The molecule has 0 saturated carbocycles. The first-order valence-electron chi connectivity index (χ1n) is 8.04. The van der Waals surface area contributed by atoms with Gasteiger partial charge in [-0.05, 0) is 31.9 Å².